The molecular weight excluding hydrogens is 412 g/mol. The van der Waals surface area contributed by atoms with E-state index in [1.54, 1.807) is 5.32 Å². The summed E-state index contributed by atoms with van der Waals surface area (Å²) >= 11 is 0. The first-order chi connectivity index (χ1) is 13.3. The minimum atomic E-state index is -5.13. The van der Waals surface area contributed by atoms with Crippen molar-refractivity contribution in [3.05, 3.63) is 63.7 Å². The average Bonchev–Trinajstić information content (AvgIpc) is 2.60. The van der Waals surface area contributed by atoms with Crippen molar-refractivity contribution in [3.63, 3.8) is 0 Å². The first-order valence-electron chi connectivity index (χ1n) is 7.43. The number of benzene rings is 2. The van der Waals surface area contributed by atoms with Gasteiger partial charge >= 0.3 is 24.2 Å². The fourth-order valence-electron chi connectivity index (χ4n) is 2.10. The summed E-state index contributed by atoms with van der Waals surface area (Å²) in [5.74, 6) is -3.04. The van der Waals surface area contributed by atoms with Crippen LogP contribution in [0, 0.1) is 10.1 Å². The molecule has 13 heteroatoms. The second-order valence-electron chi connectivity index (χ2n) is 5.51. The fraction of sp³-hybridized carbons (Fsp3) is 0.125. The number of nitro benzene ring substituents is 1. The normalized spacial score (nSPS) is 11.7. The maximum absolute atomic E-state index is 12.8. The van der Waals surface area contributed by atoms with E-state index >= 15 is 0 Å². The number of amides is 2. The molecule has 0 heterocycles. The number of non-ortho nitro benzene ring substituents is 1. The van der Waals surface area contributed by atoms with Crippen LogP contribution in [0.3, 0.4) is 0 Å². The van der Waals surface area contributed by atoms with Crippen LogP contribution in [0.15, 0.2) is 42.5 Å². The maximum atomic E-state index is 12.8. The minimum Gasteiger partial charge on any atom is -0.318 e. The number of rotatable bonds is 3. The molecule has 0 unspecified atom stereocenters. The van der Waals surface area contributed by atoms with Crippen LogP contribution >= 0.6 is 0 Å². The van der Waals surface area contributed by atoms with E-state index in [1.807, 2.05) is 5.32 Å². The molecule has 7 nitrogen and oxygen atoms in total. The van der Waals surface area contributed by atoms with Crippen molar-refractivity contribution in [1.82, 2.24) is 0 Å². The Bertz CT molecular complexity index is 940. The fourth-order valence-corrected chi connectivity index (χ4v) is 2.10. The predicted octanol–water partition coefficient (Wildman–Crippen LogP) is 4.21. The van der Waals surface area contributed by atoms with Crippen LogP contribution in [0.4, 0.5) is 43.4 Å². The lowest BCUT2D eigenvalue weighted by molar-refractivity contribution is -0.384. The predicted molar refractivity (Wildman–Crippen MR) is 86.8 cm³/mol. The van der Waals surface area contributed by atoms with E-state index in [9.17, 15) is 46.0 Å². The van der Waals surface area contributed by atoms with Crippen molar-refractivity contribution in [3.8, 4) is 0 Å². The molecule has 0 fully saturated rings. The van der Waals surface area contributed by atoms with E-state index in [1.165, 1.54) is 12.1 Å². The monoisotopic (exact) mass is 421 g/mol. The molecule has 2 rings (SSSR count). The molecule has 0 saturated heterocycles. The average molecular weight is 421 g/mol. The number of hydrogen-bond donors (Lipinski definition) is 2. The highest BCUT2D eigenvalue weighted by molar-refractivity contribution is 6.43. The number of carbonyl (C=O) groups excluding carboxylic acids is 2. The highest BCUT2D eigenvalue weighted by Crippen LogP contribution is 2.37. The molecule has 0 saturated carbocycles. The highest BCUT2D eigenvalue weighted by Gasteiger charge is 2.37. The van der Waals surface area contributed by atoms with Crippen LogP contribution in [-0.2, 0) is 21.9 Å². The summed E-state index contributed by atoms with van der Waals surface area (Å²) in [5.41, 5.74) is -4.87. The summed E-state index contributed by atoms with van der Waals surface area (Å²) in [5, 5.41) is 14.3. The number of nitro groups is 1. The Hall–Kier alpha value is -3.64. The van der Waals surface area contributed by atoms with Gasteiger partial charge in [0.2, 0.25) is 0 Å². The Kier molecular flexibility index (Phi) is 5.80. The van der Waals surface area contributed by atoms with Gasteiger partial charge in [-0.15, -0.1) is 0 Å². The topological polar surface area (TPSA) is 101 Å². The number of nitrogens with one attached hydrogen (secondary N) is 2. The lowest BCUT2D eigenvalue weighted by atomic mass is 10.1. The number of hydrogen-bond acceptors (Lipinski definition) is 4. The lowest BCUT2D eigenvalue weighted by Crippen LogP contribution is -2.29. The highest BCUT2D eigenvalue weighted by atomic mass is 19.4. The summed E-state index contributed by atoms with van der Waals surface area (Å²) in [6.45, 7) is 0. The van der Waals surface area contributed by atoms with Crippen LogP contribution < -0.4 is 10.6 Å². The summed E-state index contributed by atoms with van der Waals surface area (Å²) in [6.07, 6.45) is -10.3. The summed E-state index contributed by atoms with van der Waals surface area (Å²) < 4.78 is 76.8. The van der Waals surface area contributed by atoms with Crippen LogP contribution in [0.5, 0.6) is 0 Å². The van der Waals surface area contributed by atoms with Gasteiger partial charge in [-0.05, 0) is 24.3 Å². The zero-order chi connectivity index (χ0) is 22.0. The van der Waals surface area contributed by atoms with E-state index in [4.69, 9.17) is 0 Å². The van der Waals surface area contributed by atoms with Gasteiger partial charge < -0.3 is 10.6 Å². The van der Waals surface area contributed by atoms with E-state index in [0.29, 0.717) is 0 Å². The second kappa shape index (κ2) is 7.77. The number of carbonyl (C=O) groups is 2. The molecule has 2 aromatic carbocycles. The van der Waals surface area contributed by atoms with Gasteiger partial charge in [0, 0.05) is 23.5 Å². The molecule has 2 amide bonds. The Labute approximate surface area is 157 Å². The lowest BCUT2D eigenvalue weighted by Gasteiger charge is -2.14. The molecule has 2 aromatic rings. The van der Waals surface area contributed by atoms with Crippen molar-refractivity contribution in [2.24, 2.45) is 0 Å². The third-order valence-electron chi connectivity index (χ3n) is 3.37. The third kappa shape index (κ3) is 5.67. The Balaban J connectivity index is 2.24. The molecular formula is C16H9F6N3O4. The zero-order valence-electron chi connectivity index (χ0n) is 13.9. The van der Waals surface area contributed by atoms with Crippen LogP contribution in [0.2, 0.25) is 0 Å². The minimum absolute atomic E-state index is 0.140. The Morgan fingerprint density at radius 3 is 1.72 bits per heavy atom. The van der Waals surface area contributed by atoms with E-state index in [0.717, 1.165) is 12.1 Å². The van der Waals surface area contributed by atoms with Gasteiger partial charge in [-0.1, -0.05) is 6.07 Å². The van der Waals surface area contributed by atoms with Crippen LogP contribution in [0.25, 0.3) is 0 Å². The number of nitrogens with zero attached hydrogens (tertiary/aromatic N) is 1. The number of anilines is 2. The zero-order valence-corrected chi connectivity index (χ0v) is 13.9. The molecule has 154 valence electrons. The second-order valence-corrected chi connectivity index (χ2v) is 5.51. The van der Waals surface area contributed by atoms with E-state index < -0.39 is 51.6 Å². The molecule has 0 atom stereocenters. The number of halogens is 6. The van der Waals surface area contributed by atoms with Gasteiger partial charge in [0.15, 0.2) is 0 Å². The molecule has 0 aliphatic rings. The largest absolute Gasteiger partial charge is 0.416 e. The molecule has 2 N–H and O–H groups in total. The van der Waals surface area contributed by atoms with Crippen LogP contribution in [-0.4, -0.2) is 16.7 Å². The van der Waals surface area contributed by atoms with Gasteiger partial charge in [-0.2, -0.15) is 26.3 Å². The molecule has 29 heavy (non-hydrogen) atoms. The van der Waals surface area contributed by atoms with Gasteiger partial charge in [-0.3, -0.25) is 19.7 Å². The summed E-state index contributed by atoms with van der Waals surface area (Å²) in [4.78, 5) is 33.6. The molecule has 0 radical (unpaired) electrons. The first kappa shape index (κ1) is 21.7. The van der Waals surface area contributed by atoms with Crippen molar-refractivity contribution < 1.29 is 40.9 Å². The molecule has 0 aromatic heterocycles. The molecule has 0 aliphatic heterocycles. The first-order valence-corrected chi connectivity index (χ1v) is 7.43. The Morgan fingerprint density at radius 2 is 1.28 bits per heavy atom. The quantitative estimate of drug-likeness (QED) is 0.336. The smallest absolute Gasteiger partial charge is 0.318 e. The maximum Gasteiger partial charge on any atom is 0.416 e. The Morgan fingerprint density at radius 1 is 0.793 bits per heavy atom. The molecule has 0 bridgehead atoms. The summed E-state index contributed by atoms with van der Waals surface area (Å²) in [6, 6.07) is 4.69. The van der Waals surface area contributed by atoms with Crippen molar-refractivity contribution in [2.75, 3.05) is 10.6 Å². The molecule has 0 aliphatic carbocycles. The van der Waals surface area contributed by atoms with E-state index in [2.05, 4.69) is 0 Å². The van der Waals surface area contributed by atoms with Crippen molar-refractivity contribution in [1.29, 1.82) is 0 Å². The van der Waals surface area contributed by atoms with Gasteiger partial charge in [0.05, 0.1) is 16.1 Å². The van der Waals surface area contributed by atoms with Gasteiger partial charge in [0.25, 0.3) is 5.69 Å². The van der Waals surface area contributed by atoms with Crippen LogP contribution in [0.1, 0.15) is 11.1 Å². The van der Waals surface area contributed by atoms with Crippen molar-refractivity contribution in [2.45, 2.75) is 12.4 Å². The third-order valence-corrected chi connectivity index (χ3v) is 3.37. The van der Waals surface area contributed by atoms with Crippen molar-refractivity contribution >= 4 is 28.9 Å². The number of alkyl halides is 6. The van der Waals surface area contributed by atoms with E-state index in [-0.39, 0.29) is 23.9 Å². The molecule has 0 spiro atoms. The standard InChI is InChI=1S/C16H9F6N3O4/c17-15(18,19)8-4-9(16(20,21)22)6-11(5-8)24-14(27)13(26)23-10-2-1-3-12(7-10)25(28)29/h1-7H,(H,23,26)(H,24,27). The SMILES string of the molecule is O=C(Nc1cccc([N+](=O)[O-])c1)C(=O)Nc1cc(C(F)(F)F)cc(C(F)(F)F)c1. The van der Waals surface area contributed by atoms with Gasteiger partial charge in [-0.25, -0.2) is 0 Å². The summed E-state index contributed by atoms with van der Waals surface area (Å²) in [7, 11) is 0. The van der Waals surface area contributed by atoms with Gasteiger partial charge in [0.1, 0.15) is 0 Å².